The van der Waals surface area contributed by atoms with Crippen LogP contribution in [0.15, 0.2) is 47.4 Å². The van der Waals surface area contributed by atoms with Crippen molar-refractivity contribution in [2.45, 2.75) is 37.6 Å². The van der Waals surface area contributed by atoms with E-state index in [0.717, 1.165) is 24.8 Å². The molecule has 1 saturated heterocycles. The van der Waals surface area contributed by atoms with Gasteiger partial charge in [-0.05, 0) is 62.2 Å². The van der Waals surface area contributed by atoms with Crippen molar-refractivity contribution in [3.05, 3.63) is 48.0 Å². The molecule has 0 bridgehead atoms. The number of aromatic nitrogens is 3. The summed E-state index contributed by atoms with van der Waals surface area (Å²) in [6, 6.07) is 11.5. The average Bonchev–Trinajstić information content (AvgIpc) is 3.17. The molecule has 29 heavy (non-hydrogen) atoms. The van der Waals surface area contributed by atoms with Gasteiger partial charge in [0.1, 0.15) is 5.52 Å². The summed E-state index contributed by atoms with van der Waals surface area (Å²) in [7, 11) is -3.48. The first-order chi connectivity index (χ1) is 14.0. The van der Waals surface area contributed by atoms with E-state index in [2.05, 4.69) is 15.6 Å². The van der Waals surface area contributed by atoms with Gasteiger partial charge < -0.3 is 5.32 Å². The van der Waals surface area contributed by atoms with Gasteiger partial charge in [-0.15, -0.1) is 5.10 Å². The molecule has 2 heterocycles. The Labute approximate surface area is 169 Å². The normalized spacial score (nSPS) is 15.5. The molecule has 1 fully saturated rings. The van der Waals surface area contributed by atoms with Crippen LogP contribution < -0.4 is 5.32 Å². The van der Waals surface area contributed by atoms with Crippen LogP contribution in [0.4, 0.5) is 5.69 Å². The van der Waals surface area contributed by atoms with E-state index in [4.69, 9.17) is 0 Å². The zero-order chi connectivity index (χ0) is 20.4. The van der Waals surface area contributed by atoms with Crippen LogP contribution in [0.2, 0.25) is 0 Å². The summed E-state index contributed by atoms with van der Waals surface area (Å²) >= 11 is 0. The molecule has 0 radical (unpaired) electrons. The van der Waals surface area contributed by atoms with Gasteiger partial charge in [0.25, 0.3) is 5.91 Å². The Bertz CT molecular complexity index is 1130. The molecule has 2 aromatic carbocycles. The number of sulfonamides is 1. The number of carbonyl (C=O) groups is 1. The number of rotatable bonds is 5. The van der Waals surface area contributed by atoms with Crippen molar-refractivity contribution in [3.63, 3.8) is 0 Å². The number of aryl methyl sites for hydroxylation is 1. The third-order valence-corrected chi connectivity index (χ3v) is 7.05. The van der Waals surface area contributed by atoms with Crippen LogP contribution in [0.1, 0.15) is 36.5 Å². The molecule has 0 saturated carbocycles. The Morgan fingerprint density at radius 2 is 1.79 bits per heavy atom. The molecule has 1 aliphatic rings. The largest absolute Gasteiger partial charge is 0.322 e. The number of amides is 1. The fourth-order valence-electron chi connectivity index (χ4n) is 3.51. The van der Waals surface area contributed by atoms with E-state index >= 15 is 0 Å². The maximum atomic E-state index is 12.7. The van der Waals surface area contributed by atoms with Crippen LogP contribution in [0, 0.1) is 0 Å². The van der Waals surface area contributed by atoms with Gasteiger partial charge in [0, 0.05) is 30.9 Å². The molecular formula is C20H23N5O3S. The highest BCUT2D eigenvalue weighted by atomic mass is 32.2. The minimum absolute atomic E-state index is 0.245. The Morgan fingerprint density at radius 3 is 2.48 bits per heavy atom. The highest BCUT2D eigenvalue weighted by Crippen LogP contribution is 2.22. The molecule has 152 valence electrons. The topological polar surface area (TPSA) is 97.2 Å². The molecule has 0 spiro atoms. The van der Waals surface area contributed by atoms with Crippen molar-refractivity contribution in [2.75, 3.05) is 18.4 Å². The lowest BCUT2D eigenvalue weighted by atomic mass is 10.2. The molecule has 0 unspecified atom stereocenters. The van der Waals surface area contributed by atoms with E-state index in [-0.39, 0.29) is 10.8 Å². The molecule has 8 nitrogen and oxygen atoms in total. The number of benzene rings is 2. The Morgan fingerprint density at radius 1 is 1.07 bits per heavy atom. The quantitative estimate of drug-likeness (QED) is 0.694. The lowest BCUT2D eigenvalue weighted by molar-refractivity contribution is 0.102. The summed E-state index contributed by atoms with van der Waals surface area (Å²) < 4.78 is 28.7. The lowest BCUT2D eigenvalue weighted by Crippen LogP contribution is -2.35. The number of piperidine rings is 1. The van der Waals surface area contributed by atoms with Gasteiger partial charge in [0.2, 0.25) is 10.0 Å². The van der Waals surface area contributed by atoms with Crippen LogP contribution >= 0.6 is 0 Å². The van der Waals surface area contributed by atoms with E-state index in [0.29, 0.717) is 36.4 Å². The molecular weight excluding hydrogens is 390 g/mol. The molecule has 1 N–H and O–H groups in total. The highest BCUT2D eigenvalue weighted by Gasteiger charge is 2.25. The zero-order valence-corrected chi connectivity index (χ0v) is 17.0. The summed E-state index contributed by atoms with van der Waals surface area (Å²) in [4.78, 5) is 12.8. The number of nitrogens with one attached hydrogen (secondary N) is 1. The second-order valence-electron chi connectivity index (χ2n) is 7.05. The van der Waals surface area contributed by atoms with E-state index < -0.39 is 10.0 Å². The lowest BCUT2D eigenvalue weighted by Gasteiger charge is -2.25. The van der Waals surface area contributed by atoms with E-state index in [1.807, 2.05) is 13.0 Å². The minimum atomic E-state index is -3.48. The number of anilines is 1. The smallest absolute Gasteiger partial charge is 0.255 e. The first kappa shape index (κ1) is 19.5. The van der Waals surface area contributed by atoms with Crippen molar-refractivity contribution in [1.29, 1.82) is 0 Å². The molecule has 0 aliphatic carbocycles. The monoisotopic (exact) mass is 413 g/mol. The minimum Gasteiger partial charge on any atom is -0.322 e. The summed E-state index contributed by atoms with van der Waals surface area (Å²) in [5.41, 5.74) is 2.52. The van der Waals surface area contributed by atoms with Crippen LogP contribution in [-0.2, 0) is 16.6 Å². The predicted octanol–water partition coefficient (Wildman–Crippen LogP) is 2.88. The van der Waals surface area contributed by atoms with E-state index in [1.54, 1.807) is 28.9 Å². The van der Waals surface area contributed by atoms with Crippen LogP contribution in [0.25, 0.3) is 11.0 Å². The van der Waals surface area contributed by atoms with Gasteiger partial charge in [0.05, 0.1) is 10.4 Å². The first-order valence-electron chi connectivity index (χ1n) is 9.74. The number of hydrogen-bond donors (Lipinski definition) is 1. The molecule has 1 aliphatic heterocycles. The van der Waals surface area contributed by atoms with Crippen LogP contribution in [0.3, 0.4) is 0 Å². The Hall–Kier alpha value is -2.78. The standard InChI is InChI=1S/C20H23N5O3S/c1-2-25-19-11-6-15(14-18(19)22-23-25)20(26)21-16-7-9-17(10-8-16)29(27,28)24-12-4-3-5-13-24/h6-11,14H,2-5,12-13H2,1H3,(H,21,26). The van der Waals surface area contributed by atoms with Crippen molar-refractivity contribution in [3.8, 4) is 0 Å². The Kier molecular flexibility index (Phi) is 5.33. The predicted molar refractivity (Wildman–Crippen MR) is 110 cm³/mol. The number of hydrogen-bond acceptors (Lipinski definition) is 5. The summed E-state index contributed by atoms with van der Waals surface area (Å²) in [6.07, 6.45) is 2.85. The van der Waals surface area contributed by atoms with Crippen molar-refractivity contribution in [2.24, 2.45) is 0 Å². The van der Waals surface area contributed by atoms with Gasteiger partial charge >= 0.3 is 0 Å². The van der Waals surface area contributed by atoms with Crippen molar-refractivity contribution in [1.82, 2.24) is 19.3 Å². The second-order valence-corrected chi connectivity index (χ2v) is 8.99. The molecule has 9 heteroatoms. The number of nitrogens with zero attached hydrogens (tertiary/aromatic N) is 4. The summed E-state index contributed by atoms with van der Waals surface area (Å²) in [5, 5.41) is 10.9. The first-order valence-corrected chi connectivity index (χ1v) is 11.2. The Balaban J connectivity index is 1.49. The molecule has 1 amide bonds. The third-order valence-electron chi connectivity index (χ3n) is 5.14. The van der Waals surface area contributed by atoms with Crippen LogP contribution in [0.5, 0.6) is 0 Å². The van der Waals surface area contributed by atoms with Crippen molar-refractivity contribution >= 4 is 32.7 Å². The molecule has 1 aromatic heterocycles. The second kappa shape index (κ2) is 7.92. The van der Waals surface area contributed by atoms with Crippen molar-refractivity contribution < 1.29 is 13.2 Å². The third kappa shape index (κ3) is 3.88. The van der Waals surface area contributed by atoms with Gasteiger partial charge in [-0.2, -0.15) is 4.31 Å². The summed E-state index contributed by atoms with van der Waals surface area (Å²) in [6.45, 7) is 3.80. The zero-order valence-electron chi connectivity index (χ0n) is 16.2. The van der Waals surface area contributed by atoms with E-state index in [1.165, 1.54) is 16.4 Å². The fraction of sp³-hybridized carbons (Fsp3) is 0.350. The van der Waals surface area contributed by atoms with Gasteiger partial charge in [-0.3, -0.25) is 4.79 Å². The molecule has 4 rings (SSSR count). The SMILES string of the molecule is CCn1nnc2cc(C(=O)Nc3ccc(S(=O)(=O)N4CCCCC4)cc3)ccc21. The highest BCUT2D eigenvalue weighted by molar-refractivity contribution is 7.89. The number of fused-ring (bicyclic) bond motifs is 1. The maximum Gasteiger partial charge on any atom is 0.255 e. The summed E-state index contributed by atoms with van der Waals surface area (Å²) in [5.74, 6) is -0.287. The van der Waals surface area contributed by atoms with Gasteiger partial charge in [-0.25, -0.2) is 13.1 Å². The fourth-order valence-corrected chi connectivity index (χ4v) is 5.03. The molecule has 3 aromatic rings. The van der Waals surface area contributed by atoms with E-state index in [9.17, 15) is 13.2 Å². The van der Waals surface area contributed by atoms with Gasteiger partial charge in [-0.1, -0.05) is 11.6 Å². The maximum absolute atomic E-state index is 12.7. The average molecular weight is 414 g/mol. The van der Waals surface area contributed by atoms with Crippen LogP contribution in [-0.4, -0.2) is 46.7 Å². The van der Waals surface area contributed by atoms with Gasteiger partial charge in [0.15, 0.2) is 0 Å². The number of carbonyl (C=O) groups excluding carboxylic acids is 1. The molecule has 0 atom stereocenters.